The molecule has 0 amide bonds. The number of aromatic nitrogens is 1. The molecule has 0 unspecified atom stereocenters. The van der Waals surface area contributed by atoms with Crippen molar-refractivity contribution in [3.63, 3.8) is 0 Å². The van der Waals surface area contributed by atoms with Crippen molar-refractivity contribution in [2.45, 2.75) is 13.3 Å². The summed E-state index contributed by atoms with van der Waals surface area (Å²) in [5.74, 6) is -1.39. The molecular weight excluding hydrogens is 226 g/mol. The molecule has 1 aromatic heterocycles. The Morgan fingerprint density at radius 2 is 2.18 bits per heavy atom. The summed E-state index contributed by atoms with van der Waals surface area (Å²) in [6, 6.07) is 2.77. The van der Waals surface area contributed by atoms with Gasteiger partial charge in [-0.2, -0.15) is 5.26 Å². The van der Waals surface area contributed by atoms with Crippen LogP contribution in [-0.4, -0.2) is 25.1 Å². The Balaban J connectivity index is 3.06. The van der Waals surface area contributed by atoms with Crippen molar-refractivity contribution in [1.82, 2.24) is 4.98 Å². The van der Waals surface area contributed by atoms with Crippen LogP contribution in [0.5, 0.6) is 0 Å². The Kier molecular flexibility index (Phi) is 4.64. The van der Waals surface area contributed by atoms with Crippen molar-refractivity contribution in [3.05, 3.63) is 17.7 Å². The zero-order chi connectivity index (χ0) is 12.8. The molecule has 0 aliphatic carbocycles. The second-order valence-corrected chi connectivity index (χ2v) is 3.36. The number of anilines is 2. The van der Waals surface area contributed by atoms with Crippen molar-refractivity contribution >= 4 is 11.6 Å². The van der Waals surface area contributed by atoms with Crippen molar-refractivity contribution in [3.8, 4) is 6.07 Å². The predicted molar refractivity (Wildman–Crippen MR) is 61.8 cm³/mol. The Morgan fingerprint density at radius 3 is 2.71 bits per heavy atom. The fourth-order valence-corrected chi connectivity index (χ4v) is 1.45. The molecule has 0 saturated heterocycles. The van der Waals surface area contributed by atoms with Crippen molar-refractivity contribution < 1.29 is 8.78 Å². The lowest BCUT2D eigenvalue weighted by Crippen LogP contribution is -2.26. The normalized spacial score (nSPS) is 9.82. The van der Waals surface area contributed by atoms with Gasteiger partial charge in [0.15, 0.2) is 23.3 Å². The van der Waals surface area contributed by atoms with E-state index < -0.39 is 11.6 Å². The Hall–Kier alpha value is -1.90. The third-order valence-corrected chi connectivity index (χ3v) is 2.32. The summed E-state index contributed by atoms with van der Waals surface area (Å²) in [6.07, 6.45) is 0.265. The number of rotatable bonds is 5. The summed E-state index contributed by atoms with van der Waals surface area (Å²) in [6.45, 7) is 2.69. The molecule has 92 valence electrons. The summed E-state index contributed by atoms with van der Waals surface area (Å²) in [5, 5.41) is 11.1. The van der Waals surface area contributed by atoms with E-state index >= 15 is 0 Å². The highest BCUT2D eigenvalue weighted by Crippen LogP contribution is 2.22. The van der Waals surface area contributed by atoms with E-state index in [1.54, 1.807) is 4.90 Å². The Morgan fingerprint density at radius 1 is 1.47 bits per heavy atom. The molecule has 1 rings (SSSR count). The van der Waals surface area contributed by atoms with Crippen molar-refractivity contribution in [2.75, 3.05) is 30.4 Å². The van der Waals surface area contributed by atoms with E-state index in [1.165, 1.54) is 7.05 Å². The SMILES string of the molecule is CCN(CCC#N)c1nc(NC)c(F)cc1F. The Bertz CT molecular complexity index is 428. The lowest BCUT2D eigenvalue weighted by Gasteiger charge is -2.21. The summed E-state index contributed by atoms with van der Waals surface area (Å²) < 4.78 is 26.8. The number of halogens is 2. The number of nitrogens with one attached hydrogen (secondary N) is 1. The van der Waals surface area contributed by atoms with Crippen LogP contribution in [0.25, 0.3) is 0 Å². The molecule has 1 heterocycles. The van der Waals surface area contributed by atoms with Crippen molar-refractivity contribution in [1.29, 1.82) is 5.26 Å². The molecule has 0 spiro atoms. The highest BCUT2D eigenvalue weighted by atomic mass is 19.1. The molecule has 1 aromatic rings. The van der Waals surface area contributed by atoms with E-state index in [0.29, 0.717) is 13.1 Å². The molecule has 0 bridgehead atoms. The summed E-state index contributed by atoms with van der Waals surface area (Å²) >= 11 is 0. The fraction of sp³-hybridized carbons (Fsp3) is 0.455. The molecular formula is C11H14F2N4. The van der Waals surface area contributed by atoms with Gasteiger partial charge in [-0.3, -0.25) is 0 Å². The smallest absolute Gasteiger partial charge is 0.168 e. The molecule has 0 aromatic carbocycles. The minimum absolute atomic E-state index is 0.00296. The van der Waals surface area contributed by atoms with E-state index in [1.807, 2.05) is 13.0 Å². The molecule has 0 aliphatic heterocycles. The lowest BCUT2D eigenvalue weighted by molar-refractivity contribution is 0.570. The minimum Gasteiger partial charge on any atom is -0.371 e. The van der Waals surface area contributed by atoms with Crippen LogP contribution >= 0.6 is 0 Å². The van der Waals surface area contributed by atoms with Crippen LogP contribution in [0.2, 0.25) is 0 Å². The third-order valence-electron chi connectivity index (χ3n) is 2.32. The highest BCUT2D eigenvalue weighted by Gasteiger charge is 2.15. The quantitative estimate of drug-likeness (QED) is 0.856. The van der Waals surface area contributed by atoms with Crippen LogP contribution in [0.15, 0.2) is 6.07 Å². The first kappa shape index (κ1) is 13.2. The monoisotopic (exact) mass is 240 g/mol. The number of nitriles is 1. The van der Waals surface area contributed by atoms with Crippen LogP contribution in [0, 0.1) is 23.0 Å². The fourth-order valence-electron chi connectivity index (χ4n) is 1.45. The van der Waals surface area contributed by atoms with E-state index in [4.69, 9.17) is 5.26 Å². The molecule has 6 heteroatoms. The molecule has 0 aliphatic rings. The van der Waals surface area contributed by atoms with Gasteiger partial charge in [0.25, 0.3) is 0 Å². The van der Waals surface area contributed by atoms with Gasteiger partial charge >= 0.3 is 0 Å². The van der Waals surface area contributed by atoms with E-state index in [2.05, 4.69) is 10.3 Å². The molecule has 0 saturated carbocycles. The summed E-state index contributed by atoms with van der Waals surface area (Å²) in [7, 11) is 1.51. The van der Waals surface area contributed by atoms with Crippen LogP contribution in [0.1, 0.15) is 13.3 Å². The number of nitrogens with zero attached hydrogens (tertiary/aromatic N) is 3. The molecule has 0 radical (unpaired) electrons. The largest absolute Gasteiger partial charge is 0.371 e. The first-order valence-corrected chi connectivity index (χ1v) is 5.29. The maximum atomic E-state index is 13.6. The molecule has 0 fully saturated rings. The highest BCUT2D eigenvalue weighted by molar-refractivity contribution is 5.49. The minimum atomic E-state index is -0.731. The van der Waals surface area contributed by atoms with Crippen LogP contribution in [0.3, 0.4) is 0 Å². The second-order valence-electron chi connectivity index (χ2n) is 3.36. The van der Waals surface area contributed by atoms with Gasteiger partial charge < -0.3 is 10.2 Å². The van der Waals surface area contributed by atoms with E-state index in [0.717, 1.165) is 6.07 Å². The van der Waals surface area contributed by atoms with Gasteiger partial charge in [0.05, 0.1) is 12.5 Å². The third kappa shape index (κ3) is 3.03. The first-order valence-electron chi connectivity index (χ1n) is 5.29. The number of hydrogen-bond donors (Lipinski definition) is 1. The summed E-state index contributed by atoms with van der Waals surface area (Å²) in [4.78, 5) is 5.47. The van der Waals surface area contributed by atoms with Gasteiger partial charge in [-0.25, -0.2) is 13.8 Å². The maximum Gasteiger partial charge on any atom is 0.168 e. The average Bonchev–Trinajstić information content (AvgIpc) is 2.32. The maximum absolute atomic E-state index is 13.6. The van der Waals surface area contributed by atoms with E-state index in [-0.39, 0.29) is 18.1 Å². The number of hydrogen-bond acceptors (Lipinski definition) is 4. The van der Waals surface area contributed by atoms with Crippen LogP contribution < -0.4 is 10.2 Å². The van der Waals surface area contributed by atoms with Gasteiger partial charge in [0.2, 0.25) is 0 Å². The number of pyridine rings is 1. The Labute approximate surface area is 98.9 Å². The van der Waals surface area contributed by atoms with E-state index in [9.17, 15) is 8.78 Å². The van der Waals surface area contributed by atoms with Gasteiger partial charge in [0.1, 0.15) is 0 Å². The van der Waals surface area contributed by atoms with Crippen LogP contribution in [0.4, 0.5) is 20.4 Å². The van der Waals surface area contributed by atoms with Gasteiger partial charge in [0, 0.05) is 26.2 Å². The van der Waals surface area contributed by atoms with Gasteiger partial charge in [-0.15, -0.1) is 0 Å². The van der Waals surface area contributed by atoms with Gasteiger partial charge in [-0.1, -0.05) is 0 Å². The average molecular weight is 240 g/mol. The molecule has 4 nitrogen and oxygen atoms in total. The molecule has 1 N–H and O–H groups in total. The zero-order valence-electron chi connectivity index (χ0n) is 9.80. The zero-order valence-corrected chi connectivity index (χ0v) is 9.80. The lowest BCUT2D eigenvalue weighted by atomic mass is 10.3. The topological polar surface area (TPSA) is 52.0 Å². The molecule has 0 atom stereocenters. The second kappa shape index (κ2) is 5.99. The molecule has 17 heavy (non-hydrogen) atoms. The first-order chi connectivity index (χ1) is 8.13. The predicted octanol–water partition coefficient (Wildman–Crippen LogP) is 2.14. The van der Waals surface area contributed by atoms with Crippen molar-refractivity contribution in [2.24, 2.45) is 0 Å². The summed E-state index contributed by atoms with van der Waals surface area (Å²) in [5.41, 5.74) is 0. The standard InChI is InChI=1S/C11H14F2N4/c1-3-17(6-4-5-14)11-9(13)7-8(12)10(15-2)16-11/h7H,3-4,6H2,1-2H3,(H,15,16). The van der Waals surface area contributed by atoms with Crippen LogP contribution in [-0.2, 0) is 0 Å². The van der Waals surface area contributed by atoms with Gasteiger partial charge in [-0.05, 0) is 6.92 Å².